The molecule has 1 spiro atoms. The van der Waals surface area contributed by atoms with E-state index in [1.165, 1.54) is 4.90 Å². The summed E-state index contributed by atoms with van der Waals surface area (Å²) in [6.07, 6.45) is 2.60. The highest BCUT2D eigenvalue weighted by Gasteiger charge is 2.75. The van der Waals surface area contributed by atoms with Crippen molar-refractivity contribution in [2.24, 2.45) is 11.8 Å². The van der Waals surface area contributed by atoms with Crippen LogP contribution in [0.5, 0.6) is 0 Å². The molecule has 6 atom stereocenters. The van der Waals surface area contributed by atoms with E-state index in [2.05, 4.69) is 6.58 Å². The summed E-state index contributed by atoms with van der Waals surface area (Å²) in [5.74, 6) is -2.68. The Morgan fingerprint density at radius 2 is 1.85 bits per heavy atom. The van der Waals surface area contributed by atoms with Gasteiger partial charge in [0, 0.05) is 13.1 Å². The zero-order chi connectivity index (χ0) is 27.6. The number of nitrogens with zero attached hydrogens (tertiary/aromatic N) is 2. The first-order valence-corrected chi connectivity index (χ1v) is 13.7. The zero-order valence-electron chi connectivity index (χ0n) is 22.3. The third-order valence-corrected chi connectivity index (χ3v) is 8.33. The summed E-state index contributed by atoms with van der Waals surface area (Å²) < 4.78 is 11.9. The number of esters is 1. The number of carbonyl (C=O) groups is 3. The normalized spacial score (nSPS) is 27.7. The number of ether oxygens (including phenoxy) is 2. The molecule has 0 aromatic heterocycles. The summed E-state index contributed by atoms with van der Waals surface area (Å²) in [7, 11) is 0. The monoisotopic (exact) mass is 532 g/mol. The molecule has 2 unspecified atom stereocenters. The number of hydrogen-bond acceptors (Lipinski definition) is 6. The van der Waals surface area contributed by atoms with Gasteiger partial charge in [-0.1, -0.05) is 66.7 Å². The molecular formula is C31H36N2O6. The molecule has 2 amide bonds. The van der Waals surface area contributed by atoms with Gasteiger partial charge in [0.2, 0.25) is 11.8 Å². The first-order chi connectivity index (χ1) is 18.9. The summed E-state index contributed by atoms with van der Waals surface area (Å²) in [6.45, 7) is 6.06. The van der Waals surface area contributed by atoms with Gasteiger partial charge >= 0.3 is 5.97 Å². The van der Waals surface area contributed by atoms with Crippen LogP contribution in [0.25, 0.3) is 0 Å². The third kappa shape index (κ3) is 4.76. The fourth-order valence-corrected chi connectivity index (χ4v) is 6.77. The molecule has 2 bridgehead atoms. The maximum Gasteiger partial charge on any atom is 0.312 e. The highest BCUT2D eigenvalue weighted by Crippen LogP contribution is 2.59. The van der Waals surface area contributed by atoms with Gasteiger partial charge in [-0.15, -0.1) is 6.58 Å². The quantitative estimate of drug-likeness (QED) is 0.353. The maximum atomic E-state index is 14.5. The number of aliphatic hydroxyl groups is 1. The maximum absolute atomic E-state index is 14.5. The minimum absolute atomic E-state index is 0.194. The Kier molecular flexibility index (Phi) is 7.86. The van der Waals surface area contributed by atoms with E-state index in [1.807, 2.05) is 60.7 Å². The van der Waals surface area contributed by atoms with Gasteiger partial charge in [0.1, 0.15) is 11.6 Å². The lowest BCUT2D eigenvalue weighted by atomic mass is 9.70. The van der Waals surface area contributed by atoms with E-state index in [9.17, 15) is 19.5 Å². The van der Waals surface area contributed by atoms with Crippen molar-refractivity contribution < 1.29 is 29.0 Å². The zero-order valence-corrected chi connectivity index (χ0v) is 22.3. The van der Waals surface area contributed by atoms with Crippen molar-refractivity contribution in [1.82, 2.24) is 9.80 Å². The number of amides is 2. The van der Waals surface area contributed by atoms with Crippen LogP contribution in [0.15, 0.2) is 73.3 Å². The van der Waals surface area contributed by atoms with Crippen LogP contribution >= 0.6 is 0 Å². The van der Waals surface area contributed by atoms with Crippen LogP contribution < -0.4 is 0 Å². The smallest absolute Gasteiger partial charge is 0.312 e. The van der Waals surface area contributed by atoms with Crippen molar-refractivity contribution >= 4 is 17.8 Å². The van der Waals surface area contributed by atoms with Crippen molar-refractivity contribution in [3.05, 3.63) is 84.4 Å². The summed E-state index contributed by atoms with van der Waals surface area (Å²) in [5.41, 5.74) is 0.724. The van der Waals surface area contributed by atoms with Crippen LogP contribution in [0.2, 0.25) is 0 Å². The molecule has 3 aliphatic heterocycles. The van der Waals surface area contributed by atoms with Gasteiger partial charge in [-0.2, -0.15) is 0 Å². The molecule has 3 aliphatic rings. The number of likely N-dealkylation sites (tertiary alicyclic amines) is 1. The summed E-state index contributed by atoms with van der Waals surface area (Å²) in [4.78, 5) is 45.1. The summed E-state index contributed by atoms with van der Waals surface area (Å²) in [6, 6.07) is 17.6. The number of aliphatic hydroxyl groups excluding tert-OH is 1. The Bertz CT molecular complexity index is 1200. The lowest BCUT2D eigenvalue weighted by Gasteiger charge is -2.39. The molecule has 3 heterocycles. The van der Waals surface area contributed by atoms with E-state index in [0.29, 0.717) is 25.8 Å². The molecule has 1 N–H and O–H groups in total. The van der Waals surface area contributed by atoms with E-state index in [0.717, 1.165) is 11.1 Å². The van der Waals surface area contributed by atoms with Crippen LogP contribution in [0.3, 0.4) is 0 Å². The Labute approximate surface area is 229 Å². The lowest BCUT2D eigenvalue weighted by molar-refractivity contribution is -0.156. The van der Waals surface area contributed by atoms with Gasteiger partial charge in [0.05, 0.1) is 37.2 Å². The molecule has 8 nitrogen and oxygen atoms in total. The predicted octanol–water partition coefficient (Wildman–Crippen LogP) is 2.74. The van der Waals surface area contributed by atoms with E-state index in [4.69, 9.17) is 9.47 Å². The Hall–Kier alpha value is -3.49. The Morgan fingerprint density at radius 1 is 1.18 bits per heavy atom. The molecular weight excluding hydrogens is 496 g/mol. The van der Waals surface area contributed by atoms with Crippen LogP contribution in [-0.4, -0.2) is 76.2 Å². The van der Waals surface area contributed by atoms with Gasteiger partial charge in [0.25, 0.3) is 0 Å². The molecule has 39 heavy (non-hydrogen) atoms. The molecule has 0 radical (unpaired) electrons. The Balaban J connectivity index is 1.56. The first kappa shape index (κ1) is 27.1. The molecule has 2 aromatic carbocycles. The average Bonchev–Trinajstić information content (AvgIpc) is 3.60. The number of hydrogen-bond donors (Lipinski definition) is 1. The summed E-state index contributed by atoms with van der Waals surface area (Å²) >= 11 is 0. The van der Waals surface area contributed by atoms with Crippen molar-refractivity contribution in [1.29, 1.82) is 0 Å². The third-order valence-electron chi connectivity index (χ3n) is 8.33. The largest absolute Gasteiger partial charge is 0.466 e. The lowest BCUT2D eigenvalue weighted by Crippen LogP contribution is -2.59. The second kappa shape index (κ2) is 11.3. The predicted molar refractivity (Wildman–Crippen MR) is 144 cm³/mol. The van der Waals surface area contributed by atoms with Gasteiger partial charge < -0.3 is 24.4 Å². The number of carbonyl (C=O) groups excluding carboxylic acids is 3. The van der Waals surface area contributed by atoms with Crippen molar-refractivity contribution in [3.63, 3.8) is 0 Å². The topological polar surface area (TPSA) is 96.4 Å². The van der Waals surface area contributed by atoms with Crippen molar-refractivity contribution in [3.8, 4) is 0 Å². The van der Waals surface area contributed by atoms with Crippen LogP contribution in [0, 0.1) is 11.8 Å². The fraction of sp³-hybridized carbons (Fsp3) is 0.452. The van der Waals surface area contributed by atoms with E-state index in [-0.39, 0.29) is 31.6 Å². The highest BCUT2D eigenvalue weighted by atomic mass is 16.6. The van der Waals surface area contributed by atoms with E-state index >= 15 is 0 Å². The Morgan fingerprint density at radius 3 is 2.46 bits per heavy atom. The van der Waals surface area contributed by atoms with E-state index < -0.39 is 41.6 Å². The molecule has 2 aromatic rings. The van der Waals surface area contributed by atoms with Crippen LogP contribution in [-0.2, 0) is 36.8 Å². The number of benzene rings is 2. The van der Waals surface area contributed by atoms with Crippen LogP contribution in [0.4, 0.5) is 0 Å². The van der Waals surface area contributed by atoms with Gasteiger partial charge in [-0.3, -0.25) is 14.4 Å². The SMILES string of the molecule is C=CCN(Cc1ccccc1)C(=O)C1N([C@@H](CO)Cc2ccccc2)C(=O)[C@@H]2[C@H](C(=O)OCC)[C@@H]3CCC12O3. The molecule has 5 rings (SSSR count). The van der Waals surface area contributed by atoms with E-state index in [1.54, 1.807) is 17.9 Å². The first-order valence-electron chi connectivity index (χ1n) is 13.7. The molecule has 0 saturated carbocycles. The molecule has 3 saturated heterocycles. The minimum atomic E-state index is -1.16. The number of fused-ring (bicyclic) bond motifs is 1. The summed E-state index contributed by atoms with van der Waals surface area (Å²) in [5, 5.41) is 10.6. The van der Waals surface area contributed by atoms with Gasteiger partial charge in [0.15, 0.2) is 0 Å². The minimum Gasteiger partial charge on any atom is -0.466 e. The van der Waals surface area contributed by atoms with Gasteiger partial charge in [-0.05, 0) is 37.3 Å². The highest BCUT2D eigenvalue weighted by molar-refractivity contribution is 5.98. The molecule has 206 valence electrons. The van der Waals surface area contributed by atoms with Crippen LogP contribution in [0.1, 0.15) is 30.9 Å². The molecule has 8 heteroatoms. The standard InChI is InChI=1S/C31H36N2O6/c1-3-17-32(19-22-13-9-6-10-14-22)29(36)27-31-16-15-24(39-31)25(30(37)38-4-2)26(31)28(35)33(27)23(20-34)18-21-11-7-5-8-12-21/h3,5-14,23-27,34H,1,4,15-20H2,2H3/t23-,24+,25-,26+,27?,31?/m1/s1. The number of rotatable bonds is 11. The average molecular weight is 533 g/mol. The van der Waals surface area contributed by atoms with Gasteiger partial charge in [-0.25, -0.2) is 0 Å². The van der Waals surface area contributed by atoms with Crippen molar-refractivity contribution in [2.45, 2.75) is 56.5 Å². The van der Waals surface area contributed by atoms with Crippen molar-refractivity contribution in [2.75, 3.05) is 19.8 Å². The molecule has 3 fully saturated rings. The fourth-order valence-electron chi connectivity index (χ4n) is 6.77. The molecule has 0 aliphatic carbocycles. The second-order valence-electron chi connectivity index (χ2n) is 10.6. The second-order valence-corrected chi connectivity index (χ2v) is 10.6.